The van der Waals surface area contributed by atoms with Gasteiger partial charge in [-0.1, -0.05) is 6.07 Å². The van der Waals surface area contributed by atoms with Gasteiger partial charge >= 0.3 is 6.09 Å². The second-order valence-electron chi connectivity index (χ2n) is 7.44. The Balaban J connectivity index is 1.87. The Kier molecular flexibility index (Phi) is 7.86. The molecule has 1 aliphatic rings. The first-order valence-electron chi connectivity index (χ1n) is 9.38. The number of rotatable bonds is 6. The first kappa shape index (κ1) is 21.7. The van der Waals surface area contributed by atoms with Crippen molar-refractivity contribution in [2.45, 2.75) is 32.9 Å². The van der Waals surface area contributed by atoms with Crippen LogP contribution in [0.2, 0.25) is 0 Å². The highest BCUT2D eigenvalue weighted by Crippen LogP contribution is 2.16. The first-order chi connectivity index (χ1) is 13.3. The van der Waals surface area contributed by atoms with Gasteiger partial charge in [-0.2, -0.15) is 0 Å². The Morgan fingerprint density at radius 2 is 1.89 bits per heavy atom. The Morgan fingerprint density at radius 1 is 1.21 bits per heavy atom. The lowest BCUT2D eigenvalue weighted by molar-refractivity contribution is 0.0186. The Morgan fingerprint density at radius 3 is 2.54 bits per heavy atom. The molecule has 0 radical (unpaired) electrons. The molecular weight excluding hydrogens is 362 g/mol. The molecule has 2 heterocycles. The molecule has 1 aliphatic heterocycles. The van der Waals surface area contributed by atoms with Crippen molar-refractivity contribution >= 4 is 12.1 Å². The lowest BCUT2D eigenvalue weighted by Crippen LogP contribution is -2.53. The van der Waals surface area contributed by atoms with Crippen molar-refractivity contribution in [3.63, 3.8) is 0 Å². The average Bonchev–Trinajstić information content (AvgIpc) is 2.66. The van der Waals surface area contributed by atoms with Crippen LogP contribution in [-0.4, -0.2) is 78.9 Å². The van der Waals surface area contributed by atoms with Gasteiger partial charge in [-0.25, -0.2) is 14.8 Å². The smallest absolute Gasteiger partial charge is 0.410 e. The number of ether oxygens (including phenoxy) is 3. The fourth-order valence-electron chi connectivity index (χ4n) is 2.61. The number of carbonyl (C=O) groups is 1. The zero-order valence-electron chi connectivity index (χ0n) is 17.2. The second-order valence-corrected chi connectivity index (χ2v) is 7.44. The van der Waals surface area contributed by atoms with Crippen LogP contribution in [0.4, 0.5) is 4.79 Å². The molecule has 2 N–H and O–H groups in total. The number of carbonyl (C=O) groups excluding carboxylic acids is 1. The van der Waals surface area contributed by atoms with Gasteiger partial charge in [-0.15, -0.1) is 0 Å². The third-order valence-electron chi connectivity index (χ3n) is 4.04. The molecule has 0 aliphatic carbocycles. The van der Waals surface area contributed by atoms with Crippen LogP contribution in [0.1, 0.15) is 26.3 Å². The summed E-state index contributed by atoms with van der Waals surface area (Å²) in [5, 5.41) is 0. The molecule has 0 aromatic carbocycles. The van der Waals surface area contributed by atoms with Gasteiger partial charge in [0.1, 0.15) is 12.2 Å². The van der Waals surface area contributed by atoms with Crippen molar-refractivity contribution in [1.29, 1.82) is 0 Å². The third kappa shape index (κ3) is 6.88. The third-order valence-corrected chi connectivity index (χ3v) is 4.04. The number of amides is 1. The molecule has 0 bridgehead atoms. The highest BCUT2D eigenvalue weighted by Gasteiger charge is 2.26. The van der Waals surface area contributed by atoms with Crippen LogP contribution in [0.15, 0.2) is 23.3 Å². The average molecular weight is 393 g/mol. The molecule has 28 heavy (non-hydrogen) atoms. The van der Waals surface area contributed by atoms with Gasteiger partial charge in [0.15, 0.2) is 5.96 Å². The van der Waals surface area contributed by atoms with E-state index in [1.165, 1.54) is 0 Å². The van der Waals surface area contributed by atoms with Crippen molar-refractivity contribution in [2.24, 2.45) is 10.7 Å². The van der Waals surface area contributed by atoms with Crippen LogP contribution in [0, 0.1) is 0 Å². The van der Waals surface area contributed by atoms with Crippen molar-refractivity contribution in [3.05, 3.63) is 23.9 Å². The zero-order chi connectivity index (χ0) is 20.6. The Hall–Kier alpha value is -2.55. The monoisotopic (exact) mass is 393 g/mol. The Labute approximate surface area is 166 Å². The largest absolute Gasteiger partial charge is 0.475 e. The summed E-state index contributed by atoms with van der Waals surface area (Å²) in [5.41, 5.74) is 6.51. The van der Waals surface area contributed by atoms with Crippen molar-refractivity contribution in [2.75, 3.05) is 46.5 Å². The van der Waals surface area contributed by atoms with Crippen LogP contribution in [0.3, 0.4) is 0 Å². The number of aromatic nitrogens is 1. The number of aliphatic imine (C=N–C) groups is 1. The summed E-state index contributed by atoms with van der Waals surface area (Å²) in [4.78, 5) is 24.5. The second kappa shape index (κ2) is 10.1. The van der Waals surface area contributed by atoms with E-state index in [0.29, 0.717) is 57.8 Å². The van der Waals surface area contributed by atoms with E-state index in [-0.39, 0.29) is 6.09 Å². The maximum absolute atomic E-state index is 12.1. The van der Waals surface area contributed by atoms with Gasteiger partial charge < -0.3 is 29.7 Å². The van der Waals surface area contributed by atoms with Crippen molar-refractivity contribution in [1.82, 2.24) is 14.8 Å². The van der Waals surface area contributed by atoms with Gasteiger partial charge in [-0.05, 0) is 26.8 Å². The van der Waals surface area contributed by atoms with E-state index in [9.17, 15) is 4.79 Å². The predicted octanol–water partition coefficient (Wildman–Crippen LogP) is 1.47. The lowest BCUT2D eigenvalue weighted by atomic mass is 10.2. The molecule has 9 nitrogen and oxygen atoms in total. The number of nitrogens with zero attached hydrogens (tertiary/aromatic N) is 4. The molecule has 0 atom stereocenters. The fraction of sp³-hybridized carbons (Fsp3) is 0.632. The van der Waals surface area contributed by atoms with E-state index in [4.69, 9.17) is 19.9 Å². The van der Waals surface area contributed by atoms with E-state index >= 15 is 0 Å². The first-order valence-corrected chi connectivity index (χ1v) is 9.38. The van der Waals surface area contributed by atoms with Gasteiger partial charge in [0.05, 0.1) is 13.2 Å². The highest BCUT2D eigenvalue weighted by atomic mass is 16.6. The van der Waals surface area contributed by atoms with Crippen LogP contribution in [0.5, 0.6) is 5.88 Å². The number of piperazine rings is 1. The van der Waals surface area contributed by atoms with Crippen molar-refractivity contribution < 1.29 is 19.0 Å². The molecule has 156 valence electrons. The van der Waals surface area contributed by atoms with Crippen LogP contribution in [0.25, 0.3) is 0 Å². The number of hydrogen-bond donors (Lipinski definition) is 1. The van der Waals surface area contributed by atoms with Gasteiger partial charge in [-0.3, -0.25) is 0 Å². The number of methoxy groups -OCH3 is 1. The molecule has 1 aromatic heterocycles. The maximum Gasteiger partial charge on any atom is 0.410 e. The summed E-state index contributed by atoms with van der Waals surface area (Å²) in [7, 11) is 1.62. The molecule has 0 spiro atoms. The quantitative estimate of drug-likeness (QED) is 0.443. The molecule has 1 amide bonds. The highest BCUT2D eigenvalue weighted by molar-refractivity contribution is 5.78. The molecule has 1 aromatic rings. The molecule has 1 fully saturated rings. The standard InChI is InChI=1S/C19H31N5O4/c1-19(2,3)28-18(25)24-10-8-23(9-11-24)17(20)22-14-15-6-5-7-21-16(15)27-13-12-26-4/h5-7H,8-14H2,1-4H3,(H2,20,22). The minimum atomic E-state index is -0.499. The summed E-state index contributed by atoms with van der Waals surface area (Å²) < 4.78 is 16.0. The normalized spacial score (nSPS) is 15.5. The van der Waals surface area contributed by atoms with Gasteiger partial charge in [0.25, 0.3) is 0 Å². The summed E-state index contributed by atoms with van der Waals surface area (Å²) in [6, 6.07) is 3.75. The Bertz CT molecular complexity index is 667. The molecule has 2 rings (SSSR count). The van der Waals surface area contributed by atoms with E-state index in [1.54, 1.807) is 18.2 Å². The number of nitrogens with two attached hydrogens (primary N) is 1. The molecular formula is C19H31N5O4. The van der Waals surface area contributed by atoms with Crippen LogP contribution in [-0.2, 0) is 16.0 Å². The van der Waals surface area contributed by atoms with Crippen LogP contribution < -0.4 is 10.5 Å². The van der Waals surface area contributed by atoms with E-state index in [2.05, 4.69) is 9.98 Å². The predicted molar refractivity (Wildman–Crippen MR) is 106 cm³/mol. The van der Waals surface area contributed by atoms with Crippen LogP contribution >= 0.6 is 0 Å². The summed E-state index contributed by atoms with van der Waals surface area (Å²) in [6.07, 6.45) is 1.38. The molecule has 0 unspecified atom stereocenters. The lowest BCUT2D eigenvalue weighted by Gasteiger charge is -2.36. The number of guanidine groups is 1. The SMILES string of the molecule is COCCOc1ncccc1CN=C(N)N1CCN(C(=O)OC(C)(C)C)CC1. The molecule has 9 heteroatoms. The molecule has 1 saturated heterocycles. The topological polar surface area (TPSA) is 103 Å². The minimum absolute atomic E-state index is 0.295. The maximum atomic E-state index is 12.1. The fourth-order valence-corrected chi connectivity index (χ4v) is 2.61. The number of pyridine rings is 1. The summed E-state index contributed by atoms with van der Waals surface area (Å²) in [5.74, 6) is 0.973. The van der Waals surface area contributed by atoms with E-state index in [1.807, 2.05) is 37.8 Å². The van der Waals surface area contributed by atoms with Gasteiger partial charge in [0, 0.05) is 45.0 Å². The summed E-state index contributed by atoms with van der Waals surface area (Å²) >= 11 is 0. The van der Waals surface area contributed by atoms with Gasteiger partial charge in [0.2, 0.25) is 5.88 Å². The summed E-state index contributed by atoms with van der Waals surface area (Å²) in [6.45, 7) is 9.17. The van der Waals surface area contributed by atoms with Crippen molar-refractivity contribution in [3.8, 4) is 5.88 Å². The molecule has 0 saturated carbocycles. The van der Waals surface area contributed by atoms with E-state index in [0.717, 1.165) is 5.56 Å². The zero-order valence-corrected chi connectivity index (χ0v) is 17.2. The number of hydrogen-bond acceptors (Lipinski definition) is 6. The minimum Gasteiger partial charge on any atom is -0.475 e. The van der Waals surface area contributed by atoms with E-state index < -0.39 is 5.60 Å².